The van der Waals surface area contributed by atoms with Gasteiger partial charge in [-0.25, -0.2) is 0 Å². The molecule has 1 aliphatic rings. The Hall–Kier alpha value is -1.35. The molecule has 1 aliphatic carbocycles. The van der Waals surface area contributed by atoms with Crippen molar-refractivity contribution in [3.63, 3.8) is 0 Å². The number of hydrogen-bond donors (Lipinski definition) is 1. The number of rotatable bonds is 4. The minimum Gasteiger partial charge on any atom is -0.468 e. The summed E-state index contributed by atoms with van der Waals surface area (Å²) in [7, 11) is 1.48. The minimum atomic E-state index is -0.517. The van der Waals surface area contributed by atoms with Gasteiger partial charge < -0.3 is 4.74 Å². The molecule has 1 fully saturated rings. The standard InChI is InChI=1S/C17H25NO2/c1-13-9-10-17(11-14(13)2,16(19)20-3)18-12-15-7-5-4-6-8-15/h4-8,13-14,18H,9-12H2,1-3H3. The van der Waals surface area contributed by atoms with Crippen molar-refractivity contribution in [2.45, 2.75) is 45.2 Å². The number of carbonyl (C=O) groups excluding carboxylic acids is 1. The Morgan fingerprint density at radius 3 is 2.60 bits per heavy atom. The molecule has 0 aromatic heterocycles. The quantitative estimate of drug-likeness (QED) is 0.858. The summed E-state index contributed by atoms with van der Waals surface area (Å²) in [5.41, 5.74) is 0.679. The van der Waals surface area contributed by atoms with Crippen LogP contribution >= 0.6 is 0 Å². The molecule has 1 aromatic rings. The van der Waals surface area contributed by atoms with Crippen LogP contribution in [0.5, 0.6) is 0 Å². The van der Waals surface area contributed by atoms with Gasteiger partial charge in [-0.15, -0.1) is 0 Å². The second kappa shape index (κ2) is 6.40. The third-order valence-electron chi connectivity index (χ3n) is 4.72. The van der Waals surface area contributed by atoms with E-state index in [9.17, 15) is 4.79 Å². The topological polar surface area (TPSA) is 38.3 Å². The van der Waals surface area contributed by atoms with Gasteiger partial charge in [0, 0.05) is 6.54 Å². The molecule has 3 unspecified atom stereocenters. The van der Waals surface area contributed by atoms with Gasteiger partial charge in [-0.1, -0.05) is 44.2 Å². The van der Waals surface area contributed by atoms with Crippen molar-refractivity contribution in [2.75, 3.05) is 7.11 Å². The largest absolute Gasteiger partial charge is 0.468 e. The number of carbonyl (C=O) groups is 1. The van der Waals surface area contributed by atoms with Gasteiger partial charge in [0.1, 0.15) is 5.54 Å². The maximum Gasteiger partial charge on any atom is 0.326 e. The van der Waals surface area contributed by atoms with Gasteiger partial charge in [-0.05, 0) is 36.7 Å². The highest BCUT2D eigenvalue weighted by Crippen LogP contribution is 2.37. The molecule has 3 atom stereocenters. The van der Waals surface area contributed by atoms with Crippen LogP contribution in [0.1, 0.15) is 38.7 Å². The van der Waals surface area contributed by atoms with E-state index in [1.807, 2.05) is 18.2 Å². The molecule has 2 rings (SSSR count). The number of esters is 1. The van der Waals surface area contributed by atoms with Crippen LogP contribution in [-0.4, -0.2) is 18.6 Å². The number of ether oxygens (including phenoxy) is 1. The lowest BCUT2D eigenvalue weighted by Gasteiger charge is -2.41. The highest BCUT2D eigenvalue weighted by Gasteiger charge is 2.44. The van der Waals surface area contributed by atoms with E-state index in [2.05, 4.69) is 31.3 Å². The molecule has 0 amide bonds. The van der Waals surface area contributed by atoms with Crippen LogP contribution in [0.4, 0.5) is 0 Å². The third kappa shape index (κ3) is 3.21. The Bertz CT molecular complexity index is 446. The Morgan fingerprint density at radius 1 is 1.30 bits per heavy atom. The third-order valence-corrected chi connectivity index (χ3v) is 4.72. The van der Waals surface area contributed by atoms with Crippen LogP contribution in [0.3, 0.4) is 0 Å². The first-order valence-corrected chi connectivity index (χ1v) is 7.45. The molecular formula is C17H25NO2. The molecule has 1 saturated carbocycles. The van der Waals surface area contributed by atoms with Gasteiger partial charge in [0.15, 0.2) is 0 Å². The molecule has 1 N–H and O–H groups in total. The zero-order valence-electron chi connectivity index (χ0n) is 12.7. The van der Waals surface area contributed by atoms with Gasteiger partial charge in [0.2, 0.25) is 0 Å². The normalized spacial score (nSPS) is 29.9. The number of nitrogens with one attached hydrogen (secondary N) is 1. The van der Waals surface area contributed by atoms with Crippen molar-refractivity contribution in [1.82, 2.24) is 5.32 Å². The first-order chi connectivity index (χ1) is 9.57. The molecule has 0 spiro atoms. The second-order valence-electron chi connectivity index (χ2n) is 6.11. The van der Waals surface area contributed by atoms with E-state index in [1.165, 1.54) is 12.7 Å². The second-order valence-corrected chi connectivity index (χ2v) is 6.11. The summed E-state index contributed by atoms with van der Waals surface area (Å²) in [5.74, 6) is 1.09. The SMILES string of the molecule is COC(=O)C1(NCc2ccccc2)CCC(C)C(C)C1. The summed E-state index contributed by atoms with van der Waals surface area (Å²) in [5, 5.41) is 3.48. The Labute approximate surface area is 121 Å². The molecule has 3 nitrogen and oxygen atoms in total. The Balaban J connectivity index is 2.10. The summed E-state index contributed by atoms with van der Waals surface area (Å²) < 4.78 is 5.06. The van der Waals surface area contributed by atoms with Gasteiger partial charge in [0.25, 0.3) is 0 Å². The molecule has 0 heterocycles. The van der Waals surface area contributed by atoms with E-state index in [0.717, 1.165) is 19.3 Å². The van der Waals surface area contributed by atoms with Crippen LogP contribution in [0, 0.1) is 11.8 Å². The van der Waals surface area contributed by atoms with Gasteiger partial charge in [0.05, 0.1) is 7.11 Å². The first-order valence-electron chi connectivity index (χ1n) is 7.45. The van der Waals surface area contributed by atoms with E-state index in [0.29, 0.717) is 18.4 Å². The molecule has 20 heavy (non-hydrogen) atoms. The van der Waals surface area contributed by atoms with Crippen LogP contribution in [0.15, 0.2) is 30.3 Å². The maximum atomic E-state index is 12.3. The fourth-order valence-electron chi connectivity index (χ4n) is 3.09. The lowest BCUT2D eigenvalue weighted by Crippen LogP contribution is -2.56. The van der Waals surface area contributed by atoms with E-state index >= 15 is 0 Å². The van der Waals surface area contributed by atoms with Crippen LogP contribution in [0.25, 0.3) is 0 Å². The summed E-state index contributed by atoms with van der Waals surface area (Å²) in [6, 6.07) is 10.2. The van der Waals surface area contributed by atoms with Crippen molar-refractivity contribution in [3.05, 3.63) is 35.9 Å². The minimum absolute atomic E-state index is 0.118. The van der Waals surface area contributed by atoms with Crippen molar-refractivity contribution < 1.29 is 9.53 Å². The van der Waals surface area contributed by atoms with Gasteiger partial charge >= 0.3 is 5.97 Å². The van der Waals surface area contributed by atoms with E-state index in [4.69, 9.17) is 4.74 Å². The molecule has 0 radical (unpaired) electrons. The number of methoxy groups -OCH3 is 1. The number of benzene rings is 1. The monoisotopic (exact) mass is 275 g/mol. The van der Waals surface area contributed by atoms with Gasteiger partial charge in [-0.3, -0.25) is 10.1 Å². The predicted octanol–water partition coefficient (Wildman–Crippen LogP) is 3.14. The fourth-order valence-corrected chi connectivity index (χ4v) is 3.09. The predicted molar refractivity (Wildman–Crippen MR) is 80.2 cm³/mol. The van der Waals surface area contributed by atoms with Crippen molar-refractivity contribution >= 4 is 5.97 Å². The molecule has 3 heteroatoms. The summed E-state index contributed by atoms with van der Waals surface area (Å²) in [6.45, 7) is 5.20. The van der Waals surface area contributed by atoms with Crippen LogP contribution in [-0.2, 0) is 16.1 Å². The summed E-state index contributed by atoms with van der Waals surface area (Å²) in [4.78, 5) is 12.3. The average Bonchev–Trinajstić information content (AvgIpc) is 2.49. The zero-order valence-corrected chi connectivity index (χ0v) is 12.7. The highest BCUT2D eigenvalue weighted by atomic mass is 16.5. The van der Waals surface area contributed by atoms with Crippen molar-refractivity contribution in [3.8, 4) is 0 Å². The molecule has 1 aromatic carbocycles. The maximum absolute atomic E-state index is 12.3. The smallest absolute Gasteiger partial charge is 0.326 e. The Kier molecular flexibility index (Phi) is 4.81. The Morgan fingerprint density at radius 2 is 2.00 bits per heavy atom. The highest BCUT2D eigenvalue weighted by molar-refractivity contribution is 5.81. The first kappa shape index (κ1) is 15.0. The van der Waals surface area contributed by atoms with Gasteiger partial charge in [-0.2, -0.15) is 0 Å². The lowest BCUT2D eigenvalue weighted by atomic mass is 9.71. The van der Waals surface area contributed by atoms with Crippen molar-refractivity contribution in [2.24, 2.45) is 11.8 Å². The van der Waals surface area contributed by atoms with Crippen molar-refractivity contribution in [1.29, 1.82) is 0 Å². The molecular weight excluding hydrogens is 250 g/mol. The van der Waals surface area contributed by atoms with E-state index in [1.54, 1.807) is 0 Å². The zero-order chi connectivity index (χ0) is 14.6. The molecule has 110 valence electrons. The molecule has 0 bridgehead atoms. The van der Waals surface area contributed by atoms with E-state index < -0.39 is 5.54 Å². The summed E-state index contributed by atoms with van der Waals surface area (Å²) in [6.07, 6.45) is 2.78. The number of hydrogen-bond acceptors (Lipinski definition) is 3. The van der Waals surface area contributed by atoms with Crippen LogP contribution < -0.4 is 5.32 Å². The van der Waals surface area contributed by atoms with E-state index in [-0.39, 0.29) is 5.97 Å². The lowest BCUT2D eigenvalue weighted by molar-refractivity contribution is -0.151. The summed E-state index contributed by atoms with van der Waals surface area (Å²) >= 11 is 0. The molecule has 0 saturated heterocycles. The average molecular weight is 275 g/mol. The fraction of sp³-hybridized carbons (Fsp3) is 0.588. The molecule has 0 aliphatic heterocycles. The van der Waals surface area contributed by atoms with Crippen LogP contribution in [0.2, 0.25) is 0 Å².